The van der Waals surface area contributed by atoms with Crippen molar-refractivity contribution in [3.05, 3.63) is 83.4 Å². The lowest BCUT2D eigenvalue weighted by atomic mass is 9.95. The Balaban J connectivity index is 1.41. The summed E-state index contributed by atoms with van der Waals surface area (Å²) in [6.07, 6.45) is 18.9. The zero-order valence-corrected chi connectivity index (χ0v) is 46.6. The highest BCUT2D eigenvalue weighted by Crippen LogP contribution is 2.35. The molecule has 4 atom stereocenters. The third kappa shape index (κ3) is 15.8. The van der Waals surface area contributed by atoms with Crippen molar-refractivity contribution in [1.29, 1.82) is 0 Å². The Morgan fingerprint density at radius 2 is 0.838 bits per heavy atom. The average molecular weight is 1010 g/mol. The second-order valence-electron chi connectivity index (χ2n) is 20.2. The summed E-state index contributed by atoms with van der Waals surface area (Å²) in [6.45, 7) is 24.2. The molecule has 3 aromatic heterocycles. The lowest BCUT2D eigenvalue weighted by molar-refractivity contribution is 0.0679. The summed E-state index contributed by atoms with van der Waals surface area (Å²) in [4.78, 5) is 42.3. The normalized spacial score (nSPS) is 13.4. The summed E-state index contributed by atoms with van der Waals surface area (Å²) in [5.41, 5.74) is 17.2. The number of nitrogens with zero attached hydrogens (tertiary/aromatic N) is 12. The number of benzene rings is 2. The first-order valence-electron chi connectivity index (χ1n) is 28.0. The fraction of sp³-hybridized carbons (Fsp3) is 0.586. The maximum absolute atomic E-state index is 14.6. The van der Waals surface area contributed by atoms with Crippen LogP contribution < -0.4 is 11.5 Å². The predicted octanol–water partition coefficient (Wildman–Crippen LogP) is 15.2. The molecule has 0 aliphatic heterocycles. The van der Waals surface area contributed by atoms with Crippen LogP contribution >= 0.6 is 0 Å². The van der Waals surface area contributed by atoms with E-state index >= 15 is 0 Å². The average Bonchev–Trinajstić information content (AvgIpc) is 3.88. The molecule has 2 amide bonds. The summed E-state index contributed by atoms with van der Waals surface area (Å²) in [7, 11) is 0. The minimum Gasteiger partial charge on any atom is -0.382 e. The number of nitrogens with two attached hydrogens (primary N) is 2. The van der Waals surface area contributed by atoms with Crippen molar-refractivity contribution in [2.75, 3.05) is 37.6 Å². The van der Waals surface area contributed by atoms with Gasteiger partial charge >= 0.3 is 0 Å². The molecule has 74 heavy (non-hydrogen) atoms. The van der Waals surface area contributed by atoms with E-state index in [1.165, 1.54) is 15.7 Å². The van der Waals surface area contributed by atoms with Crippen molar-refractivity contribution in [3.63, 3.8) is 0 Å². The van der Waals surface area contributed by atoms with Crippen molar-refractivity contribution in [2.45, 2.75) is 172 Å². The third-order valence-corrected chi connectivity index (χ3v) is 14.6. The standard InChI is InChI=1S/C58H88N14O2/c1-11-19-27-43(15-5)36-69(37-44(16-6)28-20-12-2)57(73)47-31-23-25-33-49(47)63-65-53-41(9)67-71(55(53)59)51-35-52(62-40-61-51)72-56(60)54(42(10)68-72)66-64-50-34-26-24-32-48(50)58(74)70(38-45(17-7)29-21-13-3)39-46(18-8)30-22-14-4/h23-26,31-35,40,43-46H,11-22,27-30,36-39,59-60H2,1-10H3. The minimum absolute atomic E-state index is 0.0328. The highest BCUT2D eigenvalue weighted by atomic mass is 16.2. The Kier molecular flexibility index (Phi) is 23.9. The molecular formula is C58H88N14O2. The SMILES string of the molecule is CCCCC(CC)CN(CC(CC)CCCC)C(=O)c1ccccc1N=Nc1c(C)nn(-c2cc(-n3nc(C)c(N=Nc4ccccc4C(=O)N(CC(CC)CCCC)CC(CC)CCCC)c3N)ncn2)c1N. The number of carbonyl (C=O) groups is 2. The van der Waals surface area contributed by atoms with E-state index in [-0.39, 0.29) is 23.5 Å². The van der Waals surface area contributed by atoms with E-state index in [4.69, 9.17) is 21.7 Å². The molecule has 4 N–H and O–H groups in total. The van der Waals surface area contributed by atoms with Gasteiger partial charge in [0.25, 0.3) is 11.8 Å². The molecule has 16 nitrogen and oxygen atoms in total. The second kappa shape index (κ2) is 30.1. The summed E-state index contributed by atoms with van der Waals surface area (Å²) in [5.74, 6) is 2.73. The Morgan fingerprint density at radius 3 is 1.15 bits per heavy atom. The quantitative estimate of drug-likeness (QED) is 0.0396. The van der Waals surface area contributed by atoms with Gasteiger partial charge in [-0.3, -0.25) is 9.59 Å². The number of nitrogen functional groups attached to an aromatic ring is 2. The number of amides is 2. The molecule has 0 fully saturated rings. The molecule has 0 aliphatic rings. The van der Waals surface area contributed by atoms with E-state index in [2.05, 4.69) is 95.6 Å². The van der Waals surface area contributed by atoms with Crippen molar-refractivity contribution < 1.29 is 9.59 Å². The van der Waals surface area contributed by atoms with Gasteiger partial charge in [0, 0.05) is 32.2 Å². The predicted molar refractivity (Wildman–Crippen MR) is 301 cm³/mol. The number of rotatable bonds is 32. The van der Waals surface area contributed by atoms with Gasteiger partial charge in [-0.1, -0.05) is 157 Å². The lowest BCUT2D eigenvalue weighted by Crippen LogP contribution is -2.39. The van der Waals surface area contributed by atoms with E-state index < -0.39 is 0 Å². The Bertz CT molecular complexity index is 2370. The number of azo groups is 2. The van der Waals surface area contributed by atoms with Crippen LogP contribution in [0.25, 0.3) is 11.6 Å². The summed E-state index contributed by atoms with van der Waals surface area (Å²) >= 11 is 0. The summed E-state index contributed by atoms with van der Waals surface area (Å²) in [6, 6.07) is 16.5. The van der Waals surface area contributed by atoms with Crippen LogP contribution in [0.4, 0.5) is 34.4 Å². The minimum atomic E-state index is -0.0328. The van der Waals surface area contributed by atoms with Crippen LogP contribution in [0.3, 0.4) is 0 Å². The maximum Gasteiger partial charge on any atom is 0.256 e. The fourth-order valence-corrected chi connectivity index (χ4v) is 9.67. The van der Waals surface area contributed by atoms with Crippen molar-refractivity contribution >= 4 is 46.2 Å². The van der Waals surface area contributed by atoms with E-state index in [9.17, 15) is 9.59 Å². The van der Waals surface area contributed by atoms with Crippen molar-refractivity contribution in [3.8, 4) is 11.6 Å². The molecule has 0 saturated carbocycles. The van der Waals surface area contributed by atoms with E-state index in [0.29, 0.717) is 107 Å². The van der Waals surface area contributed by atoms with Crippen LogP contribution in [0.15, 0.2) is 81.4 Å². The number of anilines is 2. The zero-order valence-electron chi connectivity index (χ0n) is 46.6. The van der Waals surface area contributed by atoms with Gasteiger partial charge in [0.2, 0.25) is 0 Å². The number of hydrogen-bond acceptors (Lipinski definition) is 12. The smallest absolute Gasteiger partial charge is 0.256 e. The molecule has 0 bridgehead atoms. The van der Waals surface area contributed by atoms with E-state index in [1.54, 1.807) is 19.9 Å². The van der Waals surface area contributed by atoms with Crippen LogP contribution in [-0.4, -0.2) is 77.3 Å². The number of unbranched alkanes of at least 4 members (excludes halogenated alkanes) is 4. The van der Waals surface area contributed by atoms with Gasteiger partial charge < -0.3 is 21.3 Å². The van der Waals surface area contributed by atoms with Crippen molar-refractivity contribution in [2.24, 2.45) is 44.1 Å². The van der Waals surface area contributed by atoms with Crippen LogP contribution in [0.5, 0.6) is 0 Å². The first-order valence-corrected chi connectivity index (χ1v) is 28.0. The Morgan fingerprint density at radius 1 is 0.514 bits per heavy atom. The molecule has 5 rings (SSSR count). The zero-order chi connectivity index (χ0) is 53.6. The molecule has 16 heteroatoms. The monoisotopic (exact) mass is 1010 g/mol. The molecule has 0 radical (unpaired) electrons. The molecule has 0 spiro atoms. The molecular weight excluding hydrogens is 925 g/mol. The van der Waals surface area contributed by atoms with E-state index in [1.807, 2.05) is 48.5 Å². The number of aromatic nitrogens is 6. The molecule has 402 valence electrons. The third-order valence-electron chi connectivity index (χ3n) is 14.6. The van der Waals surface area contributed by atoms with Gasteiger partial charge in [-0.2, -0.15) is 19.6 Å². The van der Waals surface area contributed by atoms with Crippen LogP contribution in [0.2, 0.25) is 0 Å². The molecule has 0 saturated heterocycles. The molecule has 2 aromatic carbocycles. The first kappa shape index (κ1) is 58.6. The van der Waals surface area contributed by atoms with Gasteiger partial charge in [0.05, 0.1) is 33.9 Å². The number of aryl methyl sites for hydroxylation is 2. The number of hydrogen-bond donors (Lipinski definition) is 2. The largest absolute Gasteiger partial charge is 0.382 e. The molecule has 5 aromatic rings. The highest BCUT2D eigenvalue weighted by Gasteiger charge is 2.27. The Hall–Kier alpha value is -6.32. The molecule has 4 unspecified atom stereocenters. The van der Waals surface area contributed by atoms with Crippen molar-refractivity contribution in [1.82, 2.24) is 39.3 Å². The second-order valence-corrected chi connectivity index (χ2v) is 20.2. The number of carbonyl (C=O) groups excluding carboxylic acids is 2. The Labute approximate surface area is 442 Å². The van der Waals surface area contributed by atoms with Gasteiger partial charge in [-0.25, -0.2) is 9.97 Å². The fourth-order valence-electron chi connectivity index (χ4n) is 9.67. The van der Waals surface area contributed by atoms with Crippen LogP contribution in [0, 0.1) is 37.5 Å². The van der Waals surface area contributed by atoms with Crippen LogP contribution in [-0.2, 0) is 0 Å². The van der Waals surface area contributed by atoms with Gasteiger partial charge in [-0.05, 0) is 87.5 Å². The highest BCUT2D eigenvalue weighted by molar-refractivity contribution is 5.99. The van der Waals surface area contributed by atoms with Gasteiger partial charge in [0.15, 0.2) is 34.6 Å². The van der Waals surface area contributed by atoms with Gasteiger partial charge in [-0.15, -0.1) is 20.5 Å². The van der Waals surface area contributed by atoms with E-state index in [0.717, 1.165) is 103 Å². The summed E-state index contributed by atoms with van der Waals surface area (Å²) in [5, 5.41) is 27.9. The summed E-state index contributed by atoms with van der Waals surface area (Å²) < 4.78 is 2.94. The van der Waals surface area contributed by atoms with Crippen LogP contribution in [0.1, 0.15) is 190 Å². The van der Waals surface area contributed by atoms with Gasteiger partial charge in [0.1, 0.15) is 6.33 Å². The molecule has 3 heterocycles. The first-order chi connectivity index (χ1) is 35.9. The molecule has 0 aliphatic carbocycles. The maximum atomic E-state index is 14.6. The lowest BCUT2D eigenvalue weighted by Gasteiger charge is -2.31. The topological polar surface area (TPSA) is 204 Å².